The zero-order valence-corrected chi connectivity index (χ0v) is 28.6. The van der Waals surface area contributed by atoms with Crippen LogP contribution in [0.3, 0.4) is 0 Å². The van der Waals surface area contributed by atoms with Gasteiger partial charge in [-0.2, -0.15) is 0 Å². The molecule has 0 aliphatic carbocycles. The van der Waals surface area contributed by atoms with Crippen LogP contribution in [0.4, 0.5) is 0 Å². The summed E-state index contributed by atoms with van der Waals surface area (Å²) >= 11 is 0. The molecule has 0 unspecified atom stereocenters. The van der Waals surface area contributed by atoms with Crippen molar-refractivity contribution in [3.8, 4) is 89.9 Å². The van der Waals surface area contributed by atoms with Crippen LogP contribution in [0.1, 0.15) is 0 Å². The molecule has 10 rings (SSSR count). The molecule has 7 aromatic carbocycles. The largest absolute Gasteiger partial charge is 0.455 e. The van der Waals surface area contributed by atoms with Gasteiger partial charge in [0.1, 0.15) is 11.5 Å². The van der Waals surface area contributed by atoms with Crippen molar-refractivity contribution in [2.45, 2.75) is 0 Å². The molecule has 0 amide bonds. The monoisotopic (exact) mass is 677 g/mol. The molecule has 0 N–H and O–H groups in total. The van der Waals surface area contributed by atoms with E-state index in [0.717, 1.165) is 94.9 Å². The molecule has 0 spiro atoms. The third-order valence-corrected chi connectivity index (χ3v) is 10.0. The van der Waals surface area contributed by atoms with Gasteiger partial charge in [0.2, 0.25) is 0 Å². The molecule has 248 valence electrons. The number of benzene rings is 7. The van der Waals surface area contributed by atoms with Crippen LogP contribution >= 0.6 is 0 Å². The van der Waals surface area contributed by atoms with Crippen molar-refractivity contribution < 1.29 is 4.74 Å². The number of pyridine rings is 1. The van der Waals surface area contributed by atoms with Crippen LogP contribution < -0.4 is 4.74 Å². The van der Waals surface area contributed by atoms with Gasteiger partial charge in [0, 0.05) is 45.6 Å². The molecule has 4 nitrogen and oxygen atoms in total. The third-order valence-electron chi connectivity index (χ3n) is 10.0. The Morgan fingerprint density at radius 2 is 0.962 bits per heavy atom. The van der Waals surface area contributed by atoms with Gasteiger partial charge in [-0.05, 0) is 75.2 Å². The average molecular weight is 678 g/mol. The third kappa shape index (κ3) is 5.45. The number of aromatic nitrogens is 3. The van der Waals surface area contributed by atoms with Gasteiger partial charge in [-0.25, -0.2) is 9.97 Å². The molecule has 53 heavy (non-hydrogen) atoms. The van der Waals surface area contributed by atoms with E-state index in [1.807, 2.05) is 42.6 Å². The summed E-state index contributed by atoms with van der Waals surface area (Å²) in [6.07, 6.45) is 3.58. The van der Waals surface area contributed by atoms with E-state index in [4.69, 9.17) is 14.7 Å². The maximum atomic E-state index is 7.17. The quantitative estimate of drug-likeness (QED) is 0.187. The highest BCUT2D eigenvalue weighted by atomic mass is 16.5. The topological polar surface area (TPSA) is 47.9 Å². The highest BCUT2D eigenvalue weighted by molar-refractivity contribution is 6.03. The predicted molar refractivity (Wildman–Crippen MR) is 215 cm³/mol. The van der Waals surface area contributed by atoms with Crippen LogP contribution in [-0.2, 0) is 0 Å². The first-order chi connectivity index (χ1) is 26.3. The molecule has 4 heteroatoms. The van der Waals surface area contributed by atoms with Crippen LogP contribution in [0.5, 0.6) is 11.5 Å². The fourth-order valence-electron chi connectivity index (χ4n) is 7.50. The molecular formula is C49H31N3O. The van der Waals surface area contributed by atoms with Gasteiger partial charge in [0.05, 0.1) is 11.4 Å². The van der Waals surface area contributed by atoms with Gasteiger partial charge in [-0.15, -0.1) is 0 Å². The Morgan fingerprint density at radius 3 is 1.70 bits per heavy atom. The van der Waals surface area contributed by atoms with E-state index in [1.54, 1.807) is 6.20 Å². The Kier molecular flexibility index (Phi) is 7.43. The van der Waals surface area contributed by atoms with Crippen LogP contribution in [0.25, 0.3) is 89.2 Å². The van der Waals surface area contributed by atoms with Gasteiger partial charge in [0.15, 0.2) is 5.82 Å². The summed E-state index contributed by atoms with van der Waals surface area (Å²) in [5.41, 5.74) is 13.3. The van der Waals surface area contributed by atoms with Crippen molar-refractivity contribution in [2.24, 2.45) is 0 Å². The number of fused-ring (bicyclic) bond motifs is 11. The fraction of sp³-hybridized carbons (Fsp3) is 0. The average Bonchev–Trinajstić information content (AvgIpc) is 3.25. The maximum Gasteiger partial charge on any atom is 0.161 e. The number of rotatable bonds is 3. The molecule has 0 saturated heterocycles. The molecule has 0 radical (unpaired) electrons. The SMILES string of the molecule is c1ccc(-c2cc(-c3ccc4c(c3)-c3ccc5ccccc5c3Oc3ccccc3-c3ccccc3-c3ccccc3-4)nc(-c3cccnc3)n2)cc1. The van der Waals surface area contributed by atoms with E-state index in [0.29, 0.717) is 5.82 Å². The molecule has 0 saturated carbocycles. The first-order valence-corrected chi connectivity index (χ1v) is 17.8. The van der Waals surface area contributed by atoms with Gasteiger partial charge >= 0.3 is 0 Å². The van der Waals surface area contributed by atoms with Crippen molar-refractivity contribution in [3.05, 3.63) is 188 Å². The van der Waals surface area contributed by atoms with Gasteiger partial charge in [0.25, 0.3) is 0 Å². The highest BCUT2D eigenvalue weighted by Crippen LogP contribution is 2.50. The predicted octanol–water partition coefficient (Wildman–Crippen LogP) is 12.8. The van der Waals surface area contributed by atoms with Crippen molar-refractivity contribution in [1.82, 2.24) is 15.0 Å². The van der Waals surface area contributed by atoms with Gasteiger partial charge in [-0.3, -0.25) is 4.98 Å². The van der Waals surface area contributed by atoms with E-state index in [9.17, 15) is 0 Å². The van der Waals surface area contributed by atoms with Crippen LogP contribution in [0, 0.1) is 0 Å². The number of ether oxygens (including phenoxy) is 1. The standard InChI is InChI=1S/C49H31N3O/c1-2-14-33(15-3-1)45-30-46(52-49(51-45)35-16-12-28-50-31-35)34-25-26-41-39-20-7-6-18-37(39)38-19-8-9-21-40(38)42-22-10-11-23-47(42)53-48-36-17-5-4-13-32(36)24-27-43(48)44(41)29-34/h1-31H. The molecular weight excluding hydrogens is 647 g/mol. The summed E-state index contributed by atoms with van der Waals surface area (Å²) in [6, 6.07) is 61.5. The molecule has 3 heterocycles. The minimum atomic E-state index is 0.624. The van der Waals surface area contributed by atoms with E-state index in [1.165, 1.54) is 0 Å². The number of nitrogens with zero attached hydrogens (tertiary/aromatic N) is 3. The highest BCUT2D eigenvalue weighted by Gasteiger charge is 2.23. The second-order valence-electron chi connectivity index (χ2n) is 13.2. The summed E-state index contributed by atoms with van der Waals surface area (Å²) in [7, 11) is 0. The van der Waals surface area contributed by atoms with E-state index in [2.05, 4.69) is 145 Å². The van der Waals surface area contributed by atoms with E-state index in [-0.39, 0.29) is 0 Å². The lowest BCUT2D eigenvalue weighted by atomic mass is 9.85. The molecule has 0 atom stereocenters. The zero-order valence-electron chi connectivity index (χ0n) is 28.6. The lowest BCUT2D eigenvalue weighted by Gasteiger charge is -2.19. The Hall–Kier alpha value is -7.17. The summed E-state index contributed by atoms with van der Waals surface area (Å²) in [4.78, 5) is 14.6. The first kappa shape index (κ1) is 30.6. The molecule has 0 bridgehead atoms. The Morgan fingerprint density at radius 1 is 0.377 bits per heavy atom. The second-order valence-corrected chi connectivity index (χ2v) is 13.2. The first-order valence-electron chi connectivity index (χ1n) is 17.8. The van der Waals surface area contributed by atoms with Crippen molar-refractivity contribution in [1.29, 1.82) is 0 Å². The van der Waals surface area contributed by atoms with E-state index >= 15 is 0 Å². The van der Waals surface area contributed by atoms with Gasteiger partial charge in [-0.1, -0.05) is 140 Å². The normalized spacial score (nSPS) is 11.5. The van der Waals surface area contributed by atoms with Crippen LogP contribution in [0.2, 0.25) is 0 Å². The minimum absolute atomic E-state index is 0.624. The molecule has 1 aliphatic heterocycles. The fourth-order valence-corrected chi connectivity index (χ4v) is 7.50. The van der Waals surface area contributed by atoms with Gasteiger partial charge < -0.3 is 4.74 Å². The number of para-hydroxylation sites is 1. The lowest BCUT2D eigenvalue weighted by molar-refractivity contribution is 0.492. The van der Waals surface area contributed by atoms with Crippen LogP contribution in [0.15, 0.2) is 188 Å². The lowest BCUT2D eigenvalue weighted by Crippen LogP contribution is -1.97. The zero-order chi connectivity index (χ0) is 35.1. The molecule has 1 aliphatic rings. The Labute approximate surface area is 307 Å². The number of hydrogen-bond acceptors (Lipinski definition) is 4. The smallest absolute Gasteiger partial charge is 0.161 e. The summed E-state index contributed by atoms with van der Waals surface area (Å²) in [6.45, 7) is 0. The van der Waals surface area contributed by atoms with Crippen LogP contribution in [-0.4, -0.2) is 15.0 Å². The maximum absolute atomic E-state index is 7.17. The van der Waals surface area contributed by atoms with Crippen molar-refractivity contribution >= 4 is 10.8 Å². The summed E-state index contributed by atoms with van der Waals surface area (Å²) in [5.74, 6) is 2.24. The summed E-state index contributed by atoms with van der Waals surface area (Å²) in [5, 5.41) is 2.16. The Bertz CT molecular complexity index is 2750. The summed E-state index contributed by atoms with van der Waals surface area (Å²) < 4.78 is 7.17. The van der Waals surface area contributed by atoms with E-state index < -0.39 is 0 Å². The number of hydrogen-bond donors (Lipinski definition) is 0. The van der Waals surface area contributed by atoms with Crippen molar-refractivity contribution in [2.75, 3.05) is 0 Å². The molecule has 0 fully saturated rings. The molecule has 2 aromatic heterocycles. The van der Waals surface area contributed by atoms with Crippen molar-refractivity contribution in [3.63, 3.8) is 0 Å². The molecule has 9 aromatic rings. The second kappa shape index (κ2) is 12.9. The minimum Gasteiger partial charge on any atom is -0.455 e. The Balaban J connectivity index is 1.29.